The molecule has 1 N–H and O–H groups in total. The Hall–Kier alpha value is -3.00. The van der Waals surface area contributed by atoms with Gasteiger partial charge in [0.15, 0.2) is 0 Å². The van der Waals surface area contributed by atoms with Gasteiger partial charge in [0.05, 0.1) is 6.61 Å². The smallest absolute Gasteiger partial charge is 0.127 e. The van der Waals surface area contributed by atoms with Crippen LogP contribution in [-0.4, -0.2) is 11.7 Å². The minimum atomic E-state index is 0.303. The second kappa shape index (κ2) is 10.2. The number of phenolic OH excluding ortho intramolecular Hbond substituents is 1. The zero-order valence-electron chi connectivity index (χ0n) is 21.5. The molecule has 2 nitrogen and oxygen atoms in total. The second-order valence-corrected chi connectivity index (χ2v) is 11.5. The number of phenols is 1. The first kappa shape index (κ1) is 23.4. The summed E-state index contributed by atoms with van der Waals surface area (Å²) in [5, 5.41) is 15.5. The van der Waals surface area contributed by atoms with Gasteiger partial charge in [0.2, 0.25) is 0 Å². The predicted molar refractivity (Wildman–Crippen MR) is 151 cm³/mol. The van der Waals surface area contributed by atoms with Crippen LogP contribution in [0.5, 0.6) is 11.5 Å². The van der Waals surface area contributed by atoms with E-state index >= 15 is 0 Å². The summed E-state index contributed by atoms with van der Waals surface area (Å²) in [4.78, 5) is 0. The summed E-state index contributed by atoms with van der Waals surface area (Å²) in [7, 11) is 0. The van der Waals surface area contributed by atoms with E-state index in [4.69, 9.17) is 4.74 Å². The molecule has 0 amide bonds. The van der Waals surface area contributed by atoms with Crippen molar-refractivity contribution in [2.75, 3.05) is 6.61 Å². The molecule has 0 bridgehead atoms. The van der Waals surface area contributed by atoms with Gasteiger partial charge in [-0.2, -0.15) is 0 Å². The number of fused-ring (bicyclic) bond motifs is 2. The number of aromatic hydroxyl groups is 1. The van der Waals surface area contributed by atoms with Crippen LogP contribution in [-0.2, 0) is 0 Å². The van der Waals surface area contributed by atoms with Crippen molar-refractivity contribution in [3.63, 3.8) is 0 Å². The van der Waals surface area contributed by atoms with E-state index in [-0.39, 0.29) is 0 Å². The minimum Gasteiger partial charge on any atom is -0.507 e. The third-order valence-corrected chi connectivity index (χ3v) is 9.14. The summed E-state index contributed by atoms with van der Waals surface area (Å²) < 4.78 is 6.63. The molecule has 0 unspecified atom stereocenters. The van der Waals surface area contributed by atoms with Crippen molar-refractivity contribution in [1.29, 1.82) is 0 Å². The van der Waals surface area contributed by atoms with Gasteiger partial charge in [-0.05, 0) is 95.9 Å². The Morgan fingerprint density at radius 2 is 1.19 bits per heavy atom. The SMILES string of the molecule is CC1CCC(C2CCC(COc3ccc4ccccc4c3-c3c(O)ccc4ccccc34)CC2)CC1. The topological polar surface area (TPSA) is 29.5 Å². The lowest BCUT2D eigenvalue weighted by atomic mass is 9.69. The van der Waals surface area contributed by atoms with Gasteiger partial charge in [0, 0.05) is 11.1 Å². The van der Waals surface area contributed by atoms with E-state index in [1.165, 1.54) is 51.4 Å². The number of hydrogen-bond donors (Lipinski definition) is 1. The first-order valence-electron chi connectivity index (χ1n) is 14.0. The molecule has 0 saturated heterocycles. The van der Waals surface area contributed by atoms with Gasteiger partial charge >= 0.3 is 0 Å². The van der Waals surface area contributed by atoms with Crippen LogP contribution in [0.2, 0.25) is 0 Å². The largest absolute Gasteiger partial charge is 0.507 e. The van der Waals surface area contributed by atoms with Gasteiger partial charge in [-0.15, -0.1) is 0 Å². The fourth-order valence-electron chi connectivity index (χ4n) is 6.94. The molecule has 2 saturated carbocycles. The zero-order valence-corrected chi connectivity index (χ0v) is 21.5. The van der Waals surface area contributed by atoms with Crippen molar-refractivity contribution in [3.8, 4) is 22.6 Å². The van der Waals surface area contributed by atoms with E-state index in [2.05, 4.69) is 55.5 Å². The lowest BCUT2D eigenvalue weighted by Gasteiger charge is -2.37. The maximum Gasteiger partial charge on any atom is 0.127 e. The van der Waals surface area contributed by atoms with Gasteiger partial charge in [-0.25, -0.2) is 0 Å². The van der Waals surface area contributed by atoms with E-state index < -0.39 is 0 Å². The van der Waals surface area contributed by atoms with Gasteiger partial charge in [-0.3, -0.25) is 0 Å². The van der Waals surface area contributed by atoms with Crippen LogP contribution in [0, 0.1) is 23.7 Å². The van der Waals surface area contributed by atoms with E-state index in [1.807, 2.05) is 24.3 Å². The summed E-state index contributed by atoms with van der Waals surface area (Å²) in [5.41, 5.74) is 1.88. The van der Waals surface area contributed by atoms with Crippen molar-refractivity contribution in [2.24, 2.45) is 23.7 Å². The van der Waals surface area contributed by atoms with Crippen molar-refractivity contribution in [2.45, 2.75) is 58.3 Å². The zero-order chi connectivity index (χ0) is 24.5. The van der Waals surface area contributed by atoms with E-state index in [0.717, 1.165) is 62.8 Å². The number of rotatable bonds is 5. The molecule has 0 atom stereocenters. The molecule has 2 fully saturated rings. The average Bonchev–Trinajstić information content (AvgIpc) is 2.93. The Morgan fingerprint density at radius 1 is 0.639 bits per heavy atom. The summed E-state index contributed by atoms with van der Waals surface area (Å²) in [6, 6.07) is 24.8. The second-order valence-electron chi connectivity index (χ2n) is 11.5. The highest BCUT2D eigenvalue weighted by atomic mass is 16.5. The maximum absolute atomic E-state index is 11.1. The Kier molecular flexibility index (Phi) is 6.61. The summed E-state index contributed by atoms with van der Waals surface area (Å²) in [5.74, 6) is 4.62. The standard InChI is InChI=1S/C34H38O2/c1-23-10-14-25(15-11-23)26-16-12-24(13-17-26)22-36-32-21-19-28-7-3-5-9-30(28)34(32)33-29-8-4-2-6-27(29)18-20-31(33)35/h2-9,18-21,23-26,35H,10-17,22H2,1H3. The Balaban J connectivity index is 1.26. The molecule has 4 aromatic rings. The van der Waals surface area contributed by atoms with Crippen molar-refractivity contribution >= 4 is 21.5 Å². The van der Waals surface area contributed by atoms with Crippen LogP contribution in [0.4, 0.5) is 0 Å². The highest BCUT2D eigenvalue weighted by Crippen LogP contribution is 2.46. The summed E-state index contributed by atoms with van der Waals surface area (Å²) in [6.07, 6.45) is 11.0. The summed E-state index contributed by atoms with van der Waals surface area (Å²) >= 11 is 0. The highest BCUT2D eigenvalue weighted by Gasteiger charge is 2.30. The van der Waals surface area contributed by atoms with Crippen LogP contribution in [0.3, 0.4) is 0 Å². The van der Waals surface area contributed by atoms with Crippen LogP contribution in [0.1, 0.15) is 58.3 Å². The average molecular weight is 479 g/mol. The predicted octanol–water partition coefficient (Wildman–Crippen LogP) is 9.38. The molecule has 2 aliphatic rings. The van der Waals surface area contributed by atoms with Gasteiger partial charge in [0.1, 0.15) is 11.5 Å². The molecule has 186 valence electrons. The molecule has 0 heterocycles. The highest BCUT2D eigenvalue weighted by molar-refractivity contribution is 6.09. The molecular formula is C34H38O2. The van der Waals surface area contributed by atoms with Gasteiger partial charge in [-0.1, -0.05) is 80.4 Å². The molecule has 0 spiro atoms. The molecule has 0 aromatic heterocycles. The fraction of sp³-hybridized carbons (Fsp3) is 0.412. The quantitative estimate of drug-likeness (QED) is 0.309. The molecule has 36 heavy (non-hydrogen) atoms. The van der Waals surface area contributed by atoms with Crippen molar-refractivity contribution in [3.05, 3.63) is 72.8 Å². The lowest BCUT2D eigenvalue weighted by Crippen LogP contribution is -2.27. The van der Waals surface area contributed by atoms with Crippen LogP contribution in [0.25, 0.3) is 32.7 Å². The van der Waals surface area contributed by atoms with Crippen molar-refractivity contribution in [1.82, 2.24) is 0 Å². The van der Waals surface area contributed by atoms with Crippen LogP contribution >= 0.6 is 0 Å². The first-order valence-corrected chi connectivity index (χ1v) is 14.0. The third kappa shape index (κ3) is 4.59. The molecular weight excluding hydrogens is 440 g/mol. The fourth-order valence-corrected chi connectivity index (χ4v) is 6.94. The molecule has 4 aromatic carbocycles. The lowest BCUT2D eigenvalue weighted by molar-refractivity contribution is 0.126. The number of ether oxygens (including phenoxy) is 1. The normalized spacial score (nSPS) is 24.7. The van der Waals surface area contributed by atoms with Gasteiger partial charge < -0.3 is 9.84 Å². The Labute approximate surface area is 215 Å². The molecule has 2 aliphatic carbocycles. The monoisotopic (exact) mass is 478 g/mol. The molecule has 0 aliphatic heterocycles. The van der Waals surface area contributed by atoms with Crippen LogP contribution in [0.15, 0.2) is 72.8 Å². The summed E-state index contributed by atoms with van der Waals surface area (Å²) in [6.45, 7) is 3.18. The van der Waals surface area contributed by atoms with Gasteiger partial charge in [0.25, 0.3) is 0 Å². The van der Waals surface area contributed by atoms with E-state index in [0.29, 0.717) is 11.7 Å². The Bertz CT molecular complexity index is 1340. The molecule has 2 heteroatoms. The van der Waals surface area contributed by atoms with E-state index in [9.17, 15) is 5.11 Å². The number of benzene rings is 4. The van der Waals surface area contributed by atoms with Crippen molar-refractivity contribution < 1.29 is 9.84 Å². The molecule has 0 radical (unpaired) electrons. The molecule has 6 rings (SSSR count). The minimum absolute atomic E-state index is 0.303. The Morgan fingerprint density at radius 3 is 1.86 bits per heavy atom. The maximum atomic E-state index is 11.1. The first-order chi connectivity index (χ1) is 17.7. The van der Waals surface area contributed by atoms with E-state index in [1.54, 1.807) is 0 Å². The third-order valence-electron chi connectivity index (χ3n) is 9.14. The van der Waals surface area contributed by atoms with Crippen LogP contribution < -0.4 is 4.74 Å². The number of hydrogen-bond acceptors (Lipinski definition) is 2.